The smallest absolute Gasteiger partial charge is 0.342 e. The van der Waals surface area contributed by atoms with Crippen LogP contribution in [0.5, 0.6) is 0 Å². The summed E-state index contributed by atoms with van der Waals surface area (Å²) >= 11 is 0. The van der Waals surface area contributed by atoms with E-state index < -0.39 is 55.7 Å². The van der Waals surface area contributed by atoms with Crippen LogP contribution in [0, 0.1) is 28.6 Å². The maximum Gasteiger partial charge on any atom is 0.342 e. The van der Waals surface area contributed by atoms with Crippen LogP contribution in [0.2, 0.25) is 5.04 Å². The van der Waals surface area contributed by atoms with Gasteiger partial charge in [0, 0.05) is 18.1 Å². The van der Waals surface area contributed by atoms with Crippen molar-refractivity contribution in [3.63, 3.8) is 0 Å². The minimum atomic E-state index is -2.90. The van der Waals surface area contributed by atoms with Gasteiger partial charge in [0.1, 0.15) is 6.61 Å². The number of carbonyl (C=O) groups excluding carboxylic acids is 3. The lowest BCUT2D eigenvalue weighted by molar-refractivity contribution is -0.157. The van der Waals surface area contributed by atoms with Crippen molar-refractivity contribution in [1.29, 1.82) is 0 Å². The van der Waals surface area contributed by atoms with Crippen LogP contribution in [0.25, 0.3) is 0 Å². The molecular weight excluding hydrogens is 697 g/mol. The minimum absolute atomic E-state index is 0.0818. The normalized spacial score (nSPS) is 24.6. The molecule has 2 aromatic carbocycles. The second-order valence-electron chi connectivity index (χ2n) is 17.4. The predicted molar refractivity (Wildman–Crippen MR) is 213 cm³/mol. The molecule has 0 spiro atoms. The third-order valence-electron chi connectivity index (χ3n) is 11.7. The highest BCUT2D eigenvalue weighted by Gasteiger charge is 2.57. The maximum atomic E-state index is 13.7. The number of aliphatic hydroxyl groups excluding tert-OH is 2. The second kappa shape index (κ2) is 17.0. The second-order valence-corrected chi connectivity index (χ2v) is 21.7. The van der Waals surface area contributed by atoms with Gasteiger partial charge in [-0.15, -0.1) is 0 Å². The number of allylic oxidation sites excluding steroid dienone is 3. The molecule has 2 bridgehead atoms. The molecule has 2 aliphatic carbocycles. The van der Waals surface area contributed by atoms with E-state index in [1.54, 1.807) is 20.8 Å². The standard InChI is InChI=1S/C45H60O8Si/c1-8-9-10-11-12-15-20-31-27-36-39(47)37(38-35(40(48)53-41(38)49)28-45(36,29-46)30-51-42(50)43(2,3)4)34(31)25-26-52-54(44(5,6)7,32-21-16-13-17-22-32)33-23-18-14-19-24-33/h8-9,13-14,16-19,21-24,27,31,34,37,39,46-47H,10-12,15,20,25-26,28-30H2,1-7H3/b9-8+/t31-,34+,37+,39+,45-/m1/s1. The van der Waals surface area contributed by atoms with Gasteiger partial charge in [0.15, 0.2) is 0 Å². The summed E-state index contributed by atoms with van der Waals surface area (Å²) in [6.07, 6.45) is 10.3. The lowest BCUT2D eigenvalue weighted by atomic mass is 9.63. The van der Waals surface area contributed by atoms with Gasteiger partial charge in [0.2, 0.25) is 0 Å². The molecular formula is C45H60O8Si. The van der Waals surface area contributed by atoms with E-state index in [4.69, 9.17) is 13.9 Å². The Morgan fingerprint density at radius 2 is 1.56 bits per heavy atom. The molecule has 0 aromatic heterocycles. The number of fused-ring (bicyclic) bond motifs is 3. The number of aliphatic hydroxyl groups is 2. The molecule has 54 heavy (non-hydrogen) atoms. The average molecular weight is 757 g/mol. The number of carbonyl (C=O) groups is 3. The van der Waals surface area contributed by atoms with E-state index in [0.29, 0.717) is 18.6 Å². The van der Waals surface area contributed by atoms with Gasteiger partial charge in [-0.3, -0.25) is 4.79 Å². The largest absolute Gasteiger partial charge is 0.464 e. The van der Waals surface area contributed by atoms with Gasteiger partial charge >= 0.3 is 17.9 Å². The van der Waals surface area contributed by atoms with Crippen molar-refractivity contribution >= 4 is 36.6 Å². The molecule has 9 heteroatoms. The lowest BCUT2D eigenvalue weighted by Gasteiger charge is -2.46. The van der Waals surface area contributed by atoms with Crippen LogP contribution in [-0.2, 0) is 28.3 Å². The Balaban J connectivity index is 1.58. The van der Waals surface area contributed by atoms with Gasteiger partial charge in [-0.25, -0.2) is 9.59 Å². The number of hydrogen-bond donors (Lipinski definition) is 2. The molecule has 5 rings (SSSR count). The minimum Gasteiger partial charge on any atom is -0.464 e. The molecule has 292 valence electrons. The van der Waals surface area contributed by atoms with E-state index in [1.165, 1.54) is 0 Å². The number of ether oxygens (including phenoxy) is 2. The molecule has 1 heterocycles. The quantitative estimate of drug-likeness (QED) is 0.0658. The highest BCUT2D eigenvalue weighted by atomic mass is 28.4. The Kier molecular flexibility index (Phi) is 13.1. The van der Waals surface area contributed by atoms with Crippen LogP contribution in [-0.4, -0.2) is 62.4 Å². The van der Waals surface area contributed by atoms with Gasteiger partial charge in [-0.05, 0) is 92.6 Å². The first-order valence-electron chi connectivity index (χ1n) is 19.7. The first-order valence-corrected chi connectivity index (χ1v) is 21.6. The summed E-state index contributed by atoms with van der Waals surface area (Å²) in [5, 5.41) is 25.6. The van der Waals surface area contributed by atoms with Crippen LogP contribution in [0.1, 0.15) is 93.4 Å². The lowest BCUT2D eigenvalue weighted by Crippen LogP contribution is -2.66. The molecule has 1 aliphatic heterocycles. The number of hydrogen-bond acceptors (Lipinski definition) is 8. The molecule has 5 atom stereocenters. The summed E-state index contributed by atoms with van der Waals surface area (Å²) in [7, 11) is -2.90. The summed E-state index contributed by atoms with van der Waals surface area (Å²) in [5.41, 5.74) is -1.25. The van der Waals surface area contributed by atoms with Crippen molar-refractivity contribution < 1.29 is 38.5 Å². The fourth-order valence-electron chi connectivity index (χ4n) is 8.92. The van der Waals surface area contributed by atoms with Crippen LogP contribution in [0.4, 0.5) is 0 Å². The van der Waals surface area contributed by atoms with Crippen molar-refractivity contribution in [3.8, 4) is 0 Å². The van der Waals surface area contributed by atoms with Crippen LogP contribution in [0.3, 0.4) is 0 Å². The van der Waals surface area contributed by atoms with Gasteiger partial charge < -0.3 is 24.1 Å². The van der Waals surface area contributed by atoms with E-state index in [0.717, 1.165) is 42.5 Å². The third-order valence-corrected chi connectivity index (χ3v) is 16.8. The molecule has 0 amide bonds. The fraction of sp³-hybridized carbons (Fsp3) is 0.533. The highest BCUT2D eigenvalue weighted by Crippen LogP contribution is 2.54. The van der Waals surface area contributed by atoms with Crippen LogP contribution >= 0.6 is 0 Å². The van der Waals surface area contributed by atoms with Gasteiger partial charge in [-0.2, -0.15) is 0 Å². The molecule has 0 fully saturated rings. The van der Waals surface area contributed by atoms with E-state index in [1.807, 2.05) is 19.1 Å². The molecule has 0 radical (unpaired) electrons. The van der Waals surface area contributed by atoms with E-state index in [9.17, 15) is 24.6 Å². The molecule has 2 N–H and O–H groups in total. The van der Waals surface area contributed by atoms with Crippen molar-refractivity contribution in [1.82, 2.24) is 0 Å². The Labute approximate surface area is 322 Å². The molecule has 0 unspecified atom stereocenters. The number of cyclic esters (lactones) is 2. The molecule has 8 nitrogen and oxygen atoms in total. The Hall–Kier alpha value is -3.63. The van der Waals surface area contributed by atoms with Crippen molar-refractivity contribution in [2.24, 2.45) is 28.6 Å². The number of rotatable bonds is 15. The predicted octanol–water partition coefficient (Wildman–Crippen LogP) is 6.98. The van der Waals surface area contributed by atoms with E-state index in [-0.39, 0.29) is 41.0 Å². The van der Waals surface area contributed by atoms with Gasteiger partial charge in [-0.1, -0.05) is 113 Å². The highest BCUT2D eigenvalue weighted by molar-refractivity contribution is 6.99. The summed E-state index contributed by atoms with van der Waals surface area (Å²) in [4.78, 5) is 40.1. The Morgan fingerprint density at radius 1 is 0.926 bits per heavy atom. The molecule has 2 aromatic rings. The fourth-order valence-corrected chi connectivity index (χ4v) is 13.5. The molecule has 3 aliphatic rings. The zero-order chi connectivity index (χ0) is 39.3. The first-order chi connectivity index (χ1) is 25.6. The van der Waals surface area contributed by atoms with Crippen LogP contribution in [0.15, 0.2) is 95.6 Å². The summed E-state index contributed by atoms with van der Waals surface area (Å²) < 4.78 is 18.4. The summed E-state index contributed by atoms with van der Waals surface area (Å²) in [6, 6.07) is 20.9. The van der Waals surface area contributed by atoms with Gasteiger partial charge in [0.05, 0.1) is 29.1 Å². The number of benzene rings is 2. The zero-order valence-electron chi connectivity index (χ0n) is 33.2. The Morgan fingerprint density at radius 3 is 2.11 bits per heavy atom. The maximum absolute atomic E-state index is 13.7. The topological polar surface area (TPSA) is 119 Å². The van der Waals surface area contributed by atoms with E-state index in [2.05, 4.69) is 87.5 Å². The number of esters is 3. The summed E-state index contributed by atoms with van der Waals surface area (Å²) in [5.74, 6) is -3.12. The van der Waals surface area contributed by atoms with Crippen molar-refractivity contribution in [2.75, 3.05) is 19.8 Å². The summed E-state index contributed by atoms with van der Waals surface area (Å²) in [6.45, 7) is 13.6. The molecule has 0 saturated heterocycles. The first kappa shape index (κ1) is 41.5. The van der Waals surface area contributed by atoms with Crippen molar-refractivity contribution in [2.45, 2.75) is 105 Å². The monoisotopic (exact) mass is 756 g/mol. The van der Waals surface area contributed by atoms with Crippen LogP contribution < -0.4 is 10.4 Å². The third kappa shape index (κ3) is 8.30. The number of unbranched alkanes of at least 4 members (excludes halogenated alkanes) is 3. The van der Waals surface area contributed by atoms with Gasteiger partial charge in [0.25, 0.3) is 8.32 Å². The SMILES string of the molecule is C/C=C/CCCCC[C@@H]1C=C2[C@H](O)[C@H](C3=C(C[C@@]2(CO)COC(=O)C(C)(C)C)C(=O)OC3=O)[C@H]1CCO[Si](c1ccccc1)(c1ccccc1)C(C)(C)C. The average Bonchev–Trinajstić information content (AvgIpc) is 3.37. The van der Waals surface area contributed by atoms with E-state index >= 15 is 0 Å². The molecule has 0 saturated carbocycles. The van der Waals surface area contributed by atoms with Crippen molar-refractivity contribution in [3.05, 3.63) is 95.6 Å². The zero-order valence-corrected chi connectivity index (χ0v) is 34.2. The Bertz CT molecular complexity index is 1690.